The molecule has 27 heavy (non-hydrogen) atoms. The van der Waals surface area contributed by atoms with Gasteiger partial charge in [0.2, 0.25) is 5.91 Å². The van der Waals surface area contributed by atoms with Gasteiger partial charge in [-0.15, -0.1) is 0 Å². The topological polar surface area (TPSA) is 29.1 Å². The van der Waals surface area contributed by atoms with Crippen molar-refractivity contribution in [3.8, 4) is 0 Å². The fourth-order valence-corrected chi connectivity index (χ4v) is 2.86. The van der Waals surface area contributed by atoms with Gasteiger partial charge in [-0.2, -0.15) is 0 Å². The van der Waals surface area contributed by atoms with E-state index in [4.69, 9.17) is 0 Å². The van der Waals surface area contributed by atoms with E-state index in [1.165, 1.54) is 70.6 Å². The number of hydrogen-bond donors (Lipinski definition) is 1. The minimum atomic E-state index is -0.00950. The van der Waals surface area contributed by atoms with Crippen LogP contribution in [0.15, 0.2) is 36.5 Å². The van der Waals surface area contributed by atoms with Crippen molar-refractivity contribution in [3.05, 3.63) is 36.5 Å². The summed E-state index contributed by atoms with van der Waals surface area (Å²) in [4.78, 5) is 11.5. The van der Waals surface area contributed by atoms with Crippen LogP contribution < -0.4 is 5.32 Å². The molecule has 0 heterocycles. The maximum absolute atomic E-state index is 11.5. The molecule has 0 fully saturated rings. The van der Waals surface area contributed by atoms with Crippen molar-refractivity contribution in [3.63, 3.8) is 0 Å². The molecule has 0 unspecified atom stereocenters. The maximum atomic E-state index is 11.5. The summed E-state index contributed by atoms with van der Waals surface area (Å²) in [7, 11) is 0. The molecule has 0 aliphatic heterocycles. The van der Waals surface area contributed by atoms with Crippen molar-refractivity contribution in [2.75, 3.05) is 6.54 Å². The van der Waals surface area contributed by atoms with Crippen molar-refractivity contribution < 1.29 is 4.79 Å². The molecule has 0 aliphatic rings. The van der Waals surface area contributed by atoms with Crippen LogP contribution >= 0.6 is 0 Å². The fraction of sp³-hybridized carbons (Fsp3) is 0.720. The molecular formula is C25H45NO. The minimum absolute atomic E-state index is 0.00950. The molecule has 0 bridgehead atoms. The van der Waals surface area contributed by atoms with Crippen molar-refractivity contribution >= 4 is 5.91 Å². The Kier molecular flexibility index (Phi) is 20.0. The number of hydrogen-bond acceptors (Lipinski definition) is 1. The monoisotopic (exact) mass is 375 g/mol. The summed E-state index contributed by atoms with van der Waals surface area (Å²) in [5.74, 6) is 0.481. The van der Waals surface area contributed by atoms with E-state index in [2.05, 4.69) is 44.3 Å². The van der Waals surface area contributed by atoms with E-state index in [1.54, 1.807) is 6.08 Å². The highest BCUT2D eigenvalue weighted by Crippen LogP contribution is 2.11. The minimum Gasteiger partial charge on any atom is -0.352 e. The molecule has 0 spiro atoms. The Hall–Kier alpha value is -1.31. The van der Waals surface area contributed by atoms with Crippen LogP contribution in [0.1, 0.15) is 104 Å². The van der Waals surface area contributed by atoms with Crippen LogP contribution in [0.5, 0.6) is 0 Å². The summed E-state index contributed by atoms with van der Waals surface area (Å²) >= 11 is 0. The van der Waals surface area contributed by atoms with Gasteiger partial charge in [0.15, 0.2) is 0 Å². The number of rotatable bonds is 18. The third kappa shape index (κ3) is 22.6. The van der Waals surface area contributed by atoms with Crippen LogP contribution in [-0.4, -0.2) is 12.5 Å². The van der Waals surface area contributed by atoms with Crippen molar-refractivity contribution in [2.45, 2.75) is 104 Å². The number of unbranched alkanes of at least 4 members (excludes halogenated alkanes) is 11. The summed E-state index contributed by atoms with van der Waals surface area (Å²) in [6.45, 7) is 7.19. The third-order valence-electron chi connectivity index (χ3n) is 4.57. The average molecular weight is 376 g/mol. The van der Waals surface area contributed by atoms with Gasteiger partial charge >= 0.3 is 0 Å². The highest BCUT2D eigenvalue weighted by atomic mass is 16.1. The average Bonchev–Trinajstić information content (AvgIpc) is 2.65. The standard InChI is InChI=1S/C25H45NO/c1-4-5-6-7-8-9-10-11-12-13-14-15-16-17-18-19-20-21-22-25(27)26-23-24(2)3/h15-16,19-22,24H,4-14,17-18,23H2,1-3H3,(H,26,27). The van der Waals surface area contributed by atoms with E-state index >= 15 is 0 Å². The molecule has 1 amide bonds. The Balaban J connectivity index is 3.36. The molecule has 0 saturated heterocycles. The zero-order valence-electron chi connectivity index (χ0n) is 18.3. The Bertz CT molecular complexity index is 407. The Morgan fingerprint density at radius 1 is 0.741 bits per heavy atom. The maximum Gasteiger partial charge on any atom is 0.243 e. The predicted octanol–water partition coefficient (Wildman–Crippen LogP) is 7.52. The predicted molar refractivity (Wildman–Crippen MR) is 121 cm³/mol. The molecule has 0 atom stereocenters. The van der Waals surface area contributed by atoms with Crippen molar-refractivity contribution in [2.24, 2.45) is 5.92 Å². The molecule has 0 saturated carbocycles. The Morgan fingerprint density at radius 2 is 1.30 bits per heavy atom. The summed E-state index contributed by atoms with van der Waals surface area (Å²) in [6, 6.07) is 0. The van der Waals surface area contributed by atoms with Crippen molar-refractivity contribution in [1.29, 1.82) is 0 Å². The molecule has 0 aromatic rings. The van der Waals surface area contributed by atoms with E-state index in [1.807, 2.05) is 12.2 Å². The highest BCUT2D eigenvalue weighted by Gasteiger charge is 1.95. The van der Waals surface area contributed by atoms with Gasteiger partial charge in [-0.05, 0) is 31.6 Å². The Labute approximate surface area is 169 Å². The largest absolute Gasteiger partial charge is 0.352 e. The lowest BCUT2D eigenvalue weighted by Gasteiger charge is -2.03. The molecule has 0 radical (unpaired) electrons. The molecule has 2 heteroatoms. The number of nitrogens with one attached hydrogen (secondary N) is 1. The highest BCUT2D eigenvalue weighted by molar-refractivity contribution is 5.87. The molecule has 0 rings (SSSR count). The lowest BCUT2D eigenvalue weighted by Crippen LogP contribution is -2.25. The van der Waals surface area contributed by atoms with Crippen LogP contribution in [0.2, 0.25) is 0 Å². The van der Waals surface area contributed by atoms with E-state index in [0.29, 0.717) is 5.92 Å². The lowest BCUT2D eigenvalue weighted by atomic mass is 10.1. The molecule has 156 valence electrons. The Morgan fingerprint density at radius 3 is 1.93 bits per heavy atom. The van der Waals surface area contributed by atoms with Crippen LogP contribution in [0.3, 0.4) is 0 Å². The summed E-state index contributed by atoms with van der Waals surface area (Å²) < 4.78 is 0. The quantitative estimate of drug-likeness (QED) is 0.114. The summed E-state index contributed by atoms with van der Waals surface area (Å²) in [5.41, 5.74) is 0. The zero-order chi connectivity index (χ0) is 20.0. The van der Waals surface area contributed by atoms with E-state index in [9.17, 15) is 4.79 Å². The summed E-state index contributed by atoms with van der Waals surface area (Å²) in [5, 5.41) is 2.87. The smallest absolute Gasteiger partial charge is 0.243 e. The first-order valence-electron chi connectivity index (χ1n) is 11.4. The second-order valence-electron chi connectivity index (χ2n) is 7.95. The van der Waals surface area contributed by atoms with Gasteiger partial charge < -0.3 is 5.32 Å². The van der Waals surface area contributed by atoms with Gasteiger partial charge in [-0.25, -0.2) is 0 Å². The van der Waals surface area contributed by atoms with Gasteiger partial charge in [0.25, 0.3) is 0 Å². The summed E-state index contributed by atoms with van der Waals surface area (Å²) in [6.07, 6.45) is 29.5. The second-order valence-corrected chi connectivity index (χ2v) is 7.95. The third-order valence-corrected chi connectivity index (χ3v) is 4.57. The van der Waals surface area contributed by atoms with Gasteiger partial charge in [0.1, 0.15) is 0 Å². The van der Waals surface area contributed by atoms with Gasteiger partial charge in [0.05, 0.1) is 0 Å². The number of carbonyl (C=O) groups excluding carboxylic acids is 1. The normalized spacial score (nSPS) is 12.1. The SMILES string of the molecule is CCCCCCCCCCCCC=CCCC=CC=CC(=O)NCC(C)C. The number of carbonyl (C=O) groups is 1. The molecule has 1 N–H and O–H groups in total. The first-order valence-corrected chi connectivity index (χ1v) is 11.4. The van der Waals surface area contributed by atoms with Gasteiger partial charge in [-0.3, -0.25) is 4.79 Å². The van der Waals surface area contributed by atoms with E-state index in [0.717, 1.165) is 19.4 Å². The van der Waals surface area contributed by atoms with Crippen LogP contribution in [-0.2, 0) is 4.79 Å². The second kappa shape index (κ2) is 21.0. The first-order chi connectivity index (χ1) is 13.2. The molecule has 0 aliphatic carbocycles. The van der Waals surface area contributed by atoms with Crippen LogP contribution in [0.4, 0.5) is 0 Å². The molecule has 0 aromatic carbocycles. The number of allylic oxidation sites excluding steroid dienone is 5. The van der Waals surface area contributed by atoms with Crippen LogP contribution in [0.25, 0.3) is 0 Å². The van der Waals surface area contributed by atoms with E-state index in [-0.39, 0.29) is 5.91 Å². The van der Waals surface area contributed by atoms with Crippen LogP contribution in [0, 0.1) is 5.92 Å². The lowest BCUT2D eigenvalue weighted by molar-refractivity contribution is -0.116. The van der Waals surface area contributed by atoms with Crippen molar-refractivity contribution in [1.82, 2.24) is 5.32 Å². The van der Waals surface area contributed by atoms with Gasteiger partial charge in [-0.1, -0.05) is 109 Å². The van der Waals surface area contributed by atoms with E-state index < -0.39 is 0 Å². The zero-order valence-corrected chi connectivity index (χ0v) is 18.3. The number of amides is 1. The first kappa shape index (κ1) is 25.7. The fourth-order valence-electron chi connectivity index (χ4n) is 2.86. The van der Waals surface area contributed by atoms with Gasteiger partial charge in [0, 0.05) is 12.6 Å². The molecule has 0 aromatic heterocycles. The molecular weight excluding hydrogens is 330 g/mol. The molecule has 2 nitrogen and oxygen atoms in total.